The van der Waals surface area contributed by atoms with Gasteiger partial charge in [-0.25, -0.2) is 0 Å². The summed E-state index contributed by atoms with van der Waals surface area (Å²) in [6, 6.07) is 8.88. The van der Waals surface area contributed by atoms with E-state index in [1.807, 2.05) is 32.0 Å². The van der Waals surface area contributed by atoms with Crippen molar-refractivity contribution in [1.29, 1.82) is 0 Å². The van der Waals surface area contributed by atoms with Gasteiger partial charge in [0.05, 0.1) is 11.1 Å². The Kier molecular flexibility index (Phi) is 4.81. The van der Waals surface area contributed by atoms with E-state index in [-0.39, 0.29) is 22.9 Å². The zero-order valence-corrected chi connectivity index (χ0v) is 15.3. The van der Waals surface area contributed by atoms with E-state index in [9.17, 15) is 14.7 Å². The van der Waals surface area contributed by atoms with Crippen LogP contribution in [0.2, 0.25) is 0 Å². The molecule has 1 heterocycles. The lowest BCUT2D eigenvalue weighted by Gasteiger charge is -2.06. The molecule has 0 aliphatic carbocycles. The number of rotatable bonds is 4. The monoisotopic (exact) mass is 367 g/mol. The Morgan fingerprint density at radius 2 is 1.96 bits per heavy atom. The molecule has 2 N–H and O–H groups in total. The van der Waals surface area contributed by atoms with Crippen molar-refractivity contribution in [2.75, 3.05) is 7.05 Å². The zero-order valence-electron chi connectivity index (χ0n) is 14.5. The molecule has 0 saturated heterocycles. The van der Waals surface area contributed by atoms with Gasteiger partial charge in [0.2, 0.25) is 0 Å². The lowest BCUT2D eigenvalue weighted by Crippen LogP contribution is -2.18. The van der Waals surface area contributed by atoms with Crippen LogP contribution in [0, 0.1) is 13.8 Å². The first kappa shape index (κ1) is 17.8. The van der Waals surface area contributed by atoms with Gasteiger partial charge in [-0.05, 0) is 30.9 Å². The molecule has 0 unspecified atom stereocenters. The van der Waals surface area contributed by atoms with Crippen molar-refractivity contribution < 1.29 is 14.7 Å². The van der Waals surface area contributed by atoms with Crippen molar-refractivity contribution in [3.8, 4) is 5.75 Å². The maximum absolute atomic E-state index is 12.2. The van der Waals surface area contributed by atoms with Gasteiger partial charge >= 0.3 is 0 Å². The van der Waals surface area contributed by atoms with E-state index in [0.29, 0.717) is 22.2 Å². The largest absolute Gasteiger partial charge is 0.505 e. The van der Waals surface area contributed by atoms with Crippen LogP contribution < -0.4 is 5.32 Å². The molecule has 0 radical (unpaired) electrons. The van der Waals surface area contributed by atoms with Crippen molar-refractivity contribution in [3.63, 3.8) is 0 Å². The summed E-state index contributed by atoms with van der Waals surface area (Å²) in [6.07, 6.45) is 0.580. The summed E-state index contributed by atoms with van der Waals surface area (Å²) in [6.45, 7) is 3.76. The molecule has 3 aromatic rings. The van der Waals surface area contributed by atoms with E-state index < -0.39 is 0 Å². The highest BCUT2D eigenvalue weighted by Gasteiger charge is 2.19. The molecule has 0 atom stereocenters. The second-order valence-electron chi connectivity index (χ2n) is 5.74. The highest BCUT2D eigenvalue weighted by Crippen LogP contribution is 2.41. The Morgan fingerprint density at radius 1 is 1.23 bits per heavy atom. The lowest BCUT2D eigenvalue weighted by atomic mass is 10.0. The molecular formula is C19H17N3O3S. The van der Waals surface area contributed by atoms with E-state index in [2.05, 4.69) is 15.5 Å². The molecule has 6 nitrogen and oxygen atoms in total. The van der Waals surface area contributed by atoms with Crippen molar-refractivity contribution >= 4 is 45.0 Å². The van der Waals surface area contributed by atoms with Crippen LogP contribution in [-0.4, -0.2) is 24.3 Å². The summed E-state index contributed by atoms with van der Waals surface area (Å²) in [4.78, 5) is 24.4. The van der Waals surface area contributed by atoms with Gasteiger partial charge in [0.25, 0.3) is 5.91 Å². The quantitative estimate of drug-likeness (QED) is 0.512. The van der Waals surface area contributed by atoms with Crippen LogP contribution in [0.4, 0.5) is 10.7 Å². The van der Waals surface area contributed by atoms with Crippen LogP contribution in [0.15, 0.2) is 40.6 Å². The minimum Gasteiger partial charge on any atom is -0.505 e. The molecule has 132 valence electrons. The van der Waals surface area contributed by atoms with Crippen LogP contribution in [0.25, 0.3) is 10.8 Å². The number of phenolic OH excluding ortho intramolecular Hbond substituents is 1. The highest BCUT2D eigenvalue weighted by atomic mass is 32.1. The first-order valence-electron chi connectivity index (χ1n) is 7.91. The van der Waals surface area contributed by atoms with Gasteiger partial charge in [-0.2, -0.15) is 0 Å². The normalized spacial score (nSPS) is 11.2. The third-order valence-corrected chi connectivity index (χ3v) is 5.30. The number of hydrogen-bond acceptors (Lipinski definition) is 6. The summed E-state index contributed by atoms with van der Waals surface area (Å²) in [7, 11) is 1.56. The Labute approximate surface area is 154 Å². The molecule has 0 saturated carbocycles. The number of nitrogens with one attached hydrogen (secondary N) is 1. The molecule has 2 aromatic carbocycles. The number of benzene rings is 2. The summed E-state index contributed by atoms with van der Waals surface area (Å²) in [5.41, 5.74) is 1.66. The van der Waals surface area contributed by atoms with Crippen molar-refractivity contribution in [2.24, 2.45) is 10.2 Å². The van der Waals surface area contributed by atoms with Gasteiger partial charge in [0, 0.05) is 17.3 Å². The molecule has 0 spiro atoms. The van der Waals surface area contributed by atoms with Gasteiger partial charge in [-0.3, -0.25) is 9.59 Å². The van der Waals surface area contributed by atoms with Crippen LogP contribution in [0.3, 0.4) is 0 Å². The molecule has 0 aliphatic rings. The average Bonchev–Trinajstić information content (AvgIpc) is 2.93. The summed E-state index contributed by atoms with van der Waals surface area (Å²) in [5, 5.41) is 23.3. The van der Waals surface area contributed by atoms with Gasteiger partial charge in [0.1, 0.15) is 5.69 Å². The number of aryl methyl sites for hydroxylation is 1. The maximum atomic E-state index is 12.2. The minimum atomic E-state index is -0.239. The highest BCUT2D eigenvalue weighted by molar-refractivity contribution is 7.16. The lowest BCUT2D eigenvalue weighted by molar-refractivity contribution is 0.0963. The van der Waals surface area contributed by atoms with E-state index >= 15 is 0 Å². The van der Waals surface area contributed by atoms with Gasteiger partial charge in [0.15, 0.2) is 17.0 Å². The molecule has 0 bridgehead atoms. The fourth-order valence-corrected chi connectivity index (χ4v) is 3.67. The SMILES string of the molecule is CNC(=O)c1c(/N=N/c2c(O)c(C=O)cc3ccccc23)sc(C)c1C. The van der Waals surface area contributed by atoms with E-state index in [1.165, 1.54) is 11.3 Å². The Hall–Kier alpha value is -3.06. The van der Waals surface area contributed by atoms with Crippen molar-refractivity contribution in [3.05, 3.63) is 51.9 Å². The number of thiophene rings is 1. The van der Waals surface area contributed by atoms with Crippen LogP contribution in [0.1, 0.15) is 31.2 Å². The fraction of sp³-hybridized carbons (Fsp3) is 0.158. The molecule has 1 amide bonds. The maximum Gasteiger partial charge on any atom is 0.254 e. The average molecular weight is 367 g/mol. The predicted octanol–water partition coefficient (Wildman–Crippen LogP) is 4.81. The van der Waals surface area contributed by atoms with E-state index in [4.69, 9.17) is 0 Å². The number of aromatic hydroxyl groups is 1. The van der Waals surface area contributed by atoms with Gasteiger partial charge < -0.3 is 10.4 Å². The molecular weight excluding hydrogens is 350 g/mol. The van der Waals surface area contributed by atoms with E-state index in [0.717, 1.165) is 15.8 Å². The topological polar surface area (TPSA) is 91.1 Å². The number of carbonyl (C=O) groups is 2. The van der Waals surface area contributed by atoms with Crippen LogP contribution >= 0.6 is 11.3 Å². The molecule has 0 fully saturated rings. The Balaban J connectivity index is 2.19. The second kappa shape index (κ2) is 7.05. The number of phenols is 1. The smallest absolute Gasteiger partial charge is 0.254 e. The fourth-order valence-electron chi connectivity index (χ4n) is 2.70. The number of azo groups is 1. The van der Waals surface area contributed by atoms with Gasteiger partial charge in [-0.1, -0.05) is 24.3 Å². The molecule has 0 aliphatic heterocycles. The zero-order chi connectivity index (χ0) is 18.8. The number of aldehydes is 1. The van der Waals surface area contributed by atoms with Crippen LogP contribution in [0.5, 0.6) is 5.75 Å². The van der Waals surface area contributed by atoms with E-state index in [1.54, 1.807) is 19.2 Å². The first-order chi connectivity index (χ1) is 12.5. The predicted molar refractivity (Wildman–Crippen MR) is 102 cm³/mol. The molecule has 26 heavy (non-hydrogen) atoms. The number of fused-ring (bicyclic) bond motifs is 1. The van der Waals surface area contributed by atoms with Gasteiger partial charge in [-0.15, -0.1) is 21.6 Å². The van der Waals surface area contributed by atoms with Crippen molar-refractivity contribution in [2.45, 2.75) is 13.8 Å². The Morgan fingerprint density at radius 3 is 2.65 bits per heavy atom. The Bertz CT molecular complexity index is 1050. The number of amides is 1. The number of carbonyl (C=O) groups excluding carboxylic acids is 2. The molecule has 3 rings (SSSR count). The third kappa shape index (κ3) is 2.97. The summed E-state index contributed by atoms with van der Waals surface area (Å²) >= 11 is 1.35. The summed E-state index contributed by atoms with van der Waals surface area (Å²) in [5.74, 6) is -0.467. The third-order valence-electron chi connectivity index (χ3n) is 4.21. The summed E-state index contributed by atoms with van der Waals surface area (Å²) < 4.78 is 0. The minimum absolute atomic E-state index is 0.141. The van der Waals surface area contributed by atoms with Crippen molar-refractivity contribution in [1.82, 2.24) is 5.32 Å². The molecule has 7 heteroatoms. The van der Waals surface area contributed by atoms with Crippen LogP contribution in [-0.2, 0) is 0 Å². The standard InChI is InChI=1S/C19H17N3O3S/c1-10-11(2)26-19(15(10)18(25)20-3)22-21-16-14-7-5-4-6-12(14)8-13(9-23)17(16)24/h4-9,24H,1-3H3,(H,20,25)/b22-21+. The molecule has 1 aromatic heterocycles. The second-order valence-corrected chi connectivity index (χ2v) is 6.95. The first-order valence-corrected chi connectivity index (χ1v) is 8.73. The number of nitrogens with zero attached hydrogens (tertiary/aromatic N) is 2. The number of hydrogen-bond donors (Lipinski definition) is 2.